The second-order valence-corrected chi connectivity index (χ2v) is 7.16. The number of nitrogens with zero attached hydrogens (tertiary/aromatic N) is 3. The van der Waals surface area contributed by atoms with Crippen molar-refractivity contribution in [3.63, 3.8) is 0 Å². The van der Waals surface area contributed by atoms with Gasteiger partial charge in [0.25, 0.3) is 5.91 Å². The first-order valence-electron chi connectivity index (χ1n) is 8.66. The molecule has 0 aliphatic rings. The summed E-state index contributed by atoms with van der Waals surface area (Å²) < 4.78 is 6.38. The summed E-state index contributed by atoms with van der Waals surface area (Å²) >= 11 is 0.893. The van der Waals surface area contributed by atoms with E-state index in [1.807, 2.05) is 0 Å². The highest BCUT2D eigenvalue weighted by Gasteiger charge is 2.26. The molecule has 0 aliphatic heterocycles. The van der Waals surface area contributed by atoms with Gasteiger partial charge in [0, 0.05) is 6.42 Å². The summed E-state index contributed by atoms with van der Waals surface area (Å²) in [5.74, 6) is -1.84. The topological polar surface area (TPSA) is 159 Å². The molecular formula is C17H21N5O6S. The second kappa shape index (κ2) is 8.82. The molecule has 2 aromatic rings. The zero-order chi connectivity index (χ0) is 21.9. The van der Waals surface area contributed by atoms with E-state index in [0.29, 0.717) is 11.3 Å². The van der Waals surface area contributed by atoms with Gasteiger partial charge in [0.05, 0.1) is 28.5 Å². The van der Waals surface area contributed by atoms with Crippen LogP contribution in [0.5, 0.6) is 0 Å². The van der Waals surface area contributed by atoms with Crippen molar-refractivity contribution < 1.29 is 24.0 Å². The summed E-state index contributed by atoms with van der Waals surface area (Å²) in [6.45, 7) is 6.50. The van der Waals surface area contributed by atoms with E-state index in [2.05, 4.69) is 10.4 Å². The van der Waals surface area contributed by atoms with Crippen molar-refractivity contribution in [2.24, 2.45) is 5.73 Å². The molecule has 0 atom stereocenters. The number of carbonyl (C=O) groups excluding carboxylic acids is 3. The fraction of sp³-hybridized carbons (Fsp3) is 0.412. The van der Waals surface area contributed by atoms with Crippen LogP contribution in [0.4, 0.5) is 10.7 Å². The Hall–Kier alpha value is -3.28. The monoisotopic (exact) mass is 423 g/mol. The second-order valence-electron chi connectivity index (χ2n) is 6.14. The molecule has 2 aromatic heterocycles. The van der Waals surface area contributed by atoms with Gasteiger partial charge in [0.15, 0.2) is 0 Å². The zero-order valence-electron chi connectivity index (χ0n) is 16.4. The molecular weight excluding hydrogens is 402 g/mol. The van der Waals surface area contributed by atoms with Gasteiger partial charge < -0.3 is 15.8 Å². The minimum absolute atomic E-state index is 0.0514. The molecule has 0 unspecified atom stereocenters. The first-order valence-corrected chi connectivity index (χ1v) is 9.48. The van der Waals surface area contributed by atoms with Crippen LogP contribution in [0.15, 0.2) is 0 Å². The standard InChI is InChI=1S/C17H21N5O6S/c1-5-28-17(25)12-8(2)14(15(18)24)29-16(12)19-11(23)6-7-21-10(4)13(22(26)27)9(3)20-21/h5-7H2,1-4H3,(H2,18,24)(H,19,23). The Bertz CT molecular complexity index is 993. The molecule has 2 amide bonds. The van der Waals surface area contributed by atoms with Gasteiger partial charge in [-0.15, -0.1) is 11.3 Å². The van der Waals surface area contributed by atoms with Crippen LogP contribution >= 0.6 is 11.3 Å². The highest BCUT2D eigenvalue weighted by atomic mass is 32.1. The van der Waals surface area contributed by atoms with Crippen molar-refractivity contribution in [2.75, 3.05) is 11.9 Å². The predicted octanol–water partition coefficient (Wildman–Crippen LogP) is 2.08. The lowest BCUT2D eigenvalue weighted by atomic mass is 10.1. The molecule has 11 nitrogen and oxygen atoms in total. The van der Waals surface area contributed by atoms with Crippen LogP contribution in [-0.4, -0.2) is 39.1 Å². The van der Waals surface area contributed by atoms with E-state index in [0.717, 1.165) is 11.3 Å². The van der Waals surface area contributed by atoms with Crippen LogP contribution in [0.3, 0.4) is 0 Å². The summed E-state index contributed by atoms with van der Waals surface area (Å²) in [5, 5.41) is 17.9. The summed E-state index contributed by atoms with van der Waals surface area (Å²) in [6.07, 6.45) is -0.0514. The number of thiophene rings is 1. The third-order valence-electron chi connectivity index (χ3n) is 4.18. The quantitative estimate of drug-likeness (QED) is 0.373. The predicted molar refractivity (Wildman–Crippen MR) is 105 cm³/mol. The number of nitrogens with two attached hydrogens (primary N) is 1. The number of hydrogen-bond donors (Lipinski definition) is 2. The van der Waals surface area contributed by atoms with Gasteiger partial charge >= 0.3 is 11.7 Å². The van der Waals surface area contributed by atoms with Crippen LogP contribution in [0.25, 0.3) is 0 Å². The van der Waals surface area contributed by atoms with E-state index in [-0.39, 0.29) is 46.4 Å². The maximum Gasteiger partial charge on any atom is 0.341 e. The fourth-order valence-electron chi connectivity index (χ4n) is 2.85. The lowest BCUT2D eigenvalue weighted by Crippen LogP contribution is -2.17. The highest BCUT2D eigenvalue weighted by molar-refractivity contribution is 7.18. The molecule has 12 heteroatoms. The number of aromatic nitrogens is 2. The molecule has 156 valence electrons. The number of amides is 2. The molecule has 0 saturated heterocycles. The van der Waals surface area contributed by atoms with Crippen molar-refractivity contribution in [2.45, 2.75) is 40.7 Å². The molecule has 3 N–H and O–H groups in total. The summed E-state index contributed by atoms with van der Waals surface area (Å²) in [6, 6.07) is 0. The van der Waals surface area contributed by atoms with E-state index in [1.165, 1.54) is 11.6 Å². The number of ether oxygens (including phenoxy) is 1. The van der Waals surface area contributed by atoms with E-state index in [9.17, 15) is 24.5 Å². The largest absolute Gasteiger partial charge is 0.462 e. The van der Waals surface area contributed by atoms with E-state index >= 15 is 0 Å². The number of rotatable bonds is 8. The smallest absolute Gasteiger partial charge is 0.341 e. The Labute approximate surface area is 170 Å². The summed E-state index contributed by atoms with van der Waals surface area (Å²) in [7, 11) is 0. The molecule has 0 aliphatic carbocycles. The maximum absolute atomic E-state index is 12.4. The molecule has 0 fully saturated rings. The highest BCUT2D eigenvalue weighted by Crippen LogP contribution is 2.33. The van der Waals surface area contributed by atoms with Gasteiger partial charge in [-0.05, 0) is 33.3 Å². The van der Waals surface area contributed by atoms with Gasteiger partial charge in [0.1, 0.15) is 16.4 Å². The number of esters is 1. The first kappa shape index (κ1) is 22.0. The Kier molecular flexibility index (Phi) is 6.69. The molecule has 0 saturated carbocycles. The van der Waals surface area contributed by atoms with Crippen LogP contribution in [-0.2, 0) is 16.1 Å². The Morgan fingerprint density at radius 3 is 2.48 bits per heavy atom. The Balaban J connectivity index is 2.20. The lowest BCUT2D eigenvalue weighted by molar-refractivity contribution is -0.386. The average molecular weight is 423 g/mol. The van der Waals surface area contributed by atoms with Crippen LogP contribution in [0.1, 0.15) is 50.3 Å². The third-order valence-corrected chi connectivity index (χ3v) is 5.40. The van der Waals surface area contributed by atoms with Crippen molar-refractivity contribution in [3.8, 4) is 0 Å². The van der Waals surface area contributed by atoms with E-state index in [1.54, 1.807) is 20.8 Å². The van der Waals surface area contributed by atoms with Crippen molar-refractivity contribution >= 4 is 39.8 Å². The van der Waals surface area contributed by atoms with Gasteiger partial charge in [-0.25, -0.2) is 4.79 Å². The maximum atomic E-state index is 12.4. The van der Waals surface area contributed by atoms with Gasteiger partial charge in [-0.3, -0.25) is 24.4 Å². The SMILES string of the molecule is CCOC(=O)c1c(NC(=O)CCn2nc(C)c([N+](=O)[O-])c2C)sc(C(N)=O)c1C. The lowest BCUT2D eigenvalue weighted by Gasteiger charge is -2.08. The van der Waals surface area contributed by atoms with Crippen LogP contribution < -0.4 is 11.1 Å². The molecule has 0 bridgehead atoms. The van der Waals surface area contributed by atoms with Gasteiger partial charge in [0.2, 0.25) is 5.91 Å². The Morgan fingerprint density at radius 2 is 1.97 bits per heavy atom. The van der Waals surface area contributed by atoms with Gasteiger partial charge in [-0.2, -0.15) is 5.10 Å². The third kappa shape index (κ3) is 4.59. The van der Waals surface area contributed by atoms with Gasteiger partial charge in [-0.1, -0.05) is 0 Å². The minimum Gasteiger partial charge on any atom is -0.462 e. The molecule has 2 rings (SSSR count). The number of hydrogen-bond acceptors (Lipinski definition) is 8. The number of nitrogens with one attached hydrogen (secondary N) is 1. The molecule has 0 spiro atoms. The van der Waals surface area contributed by atoms with Crippen LogP contribution in [0.2, 0.25) is 0 Å². The molecule has 29 heavy (non-hydrogen) atoms. The minimum atomic E-state index is -0.714. The summed E-state index contributed by atoms with van der Waals surface area (Å²) in [5.41, 5.74) is 6.27. The normalized spacial score (nSPS) is 10.6. The summed E-state index contributed by atoms with van der Waals surface area (Å²) in [4.78, 5) is 46.9. The molecule has 0 radical (unpaired) electrons. The molecule has 0 aromatic carbocycles. The van der Waals surface area contributed by atoms with Crippen molar-refractivity contribution in [3.05, 3.63) is 37.5 Å². The molecule has 2 heterocycles. The van der Waals surface area contributed by atoms with Crippen molar-refractivity contribution in [1.82, 2.24) is 9.78 Å². The van der Waals surface area contributed by atoms with Crippen molar-refractivity contribution in [1.29, 1.82) is 0 Å². The average Bonchev–Trinajstić information content (AvgIpc) is 3.09. The first-order chi connectivity index (χ1) is 13.6. The van der Waals surface area contributed by atoms with Crippen LogP contribution in [0, 0.1) is 30.9 Å². The number of nitro groups is 1. The number of anilines is 1. The number of primary amides is 1. The Morgan fingerprint density at radius 1 is 1.31 bits per heavy atom. The zero-order valence-corrected chi connectivity index (χ0v) is 17.2. The van der Waals surface area contributed by atoms with E-state index in [4.69, 9.17) is 10.5 Å². The van der Waals surface area contributed by atoms with E-state index < -0.39 is 22.7 Å². The fourth-order valence-corrected chi connectivity index (χ4v) is 3.91. The number of carbonyl (C=O) groups is 3. The number of aryl methyl sites for hydroxylation is 2.